The zero-order chi connectivity index (χ0) is 18.2. The van der Waals surface area contributed by atoms with Crippen molar-refractivity contribution in [1.29, 1.82) is 5.26 Å². The Morgan fingerprint density at radius 1 is 1.16 bits per heavy atom. The number of halogens is 1. The molecular formula is C21H23FN2O. The Balaban J connectivity index is 2.14. The first-order chi connectivity index (χ1) is 11.8. The molecule has 25 heavy (non-hydrogen) atoms. The third-order valence-corrected chi connectivity index (χ3v) is 5.09. The predicted molar refractivity (Wildman–Crippen MR) is 96.0 cm³/mol. The van der Waals surface area contributed by atoms with E-state index in [1.165, 1.54) is 0 Å². The molecule has 0 unspecified atom stereocenters. The molecule has 4 heteroatoms. The van der Waals surface area contributed by atoms with Crippen LogP contribution in [-0.4, -0.2) is 35.8 Å². The van der Waals surface area contributed by atoms with Gasteiger partial charge in [0.2, 0.25) is 0 Å². The molecule has 0 aromatic heterocycles. The predicted octanol–water partition coefficient (Wildman–Crippen LogP) is 3.57. The molecule has 1 N–H and O–H groups in total. The second-order valence-electron chi connectivity index (χ2n) is 7.32. The third-order valence-electron chi connectivity index (χ3n) is 5.09. The molecule has 0 radical (unpaired) electrons. The Bertz CT molecular complexity index is 803. The van der Waals surface area contributed by atoms with Crippen LogP contribution in [0.3, 0.4) is 0 Å². The largest absolute Gasteiger partial charge is 0.377 e. The van der Waals surface area contributed by atoms with Gasteiger partial charge in [-0.15, -0.1) is 0 Å². The molecule has 2 aromatic carbocycles. The first kappa shape index (κ1) is 17.6. The van der Waals surface area contributed by atoms with Crippen LogP contribution < -0.4 is 0 Å². The second kappa shape index (κ2) is 6.25. The highest BCUT2D eigenvalue weighted by Crippen LogP contribution is 2.47. The minimum absolute atomic E-state index is 0.145. The Morgan fingerprint density at radius 2 is 1.80 bits per heavy atom. The number of rotatable bonds is 4. The number of benzene rings is 2. The quantitative estimate of drug-likeness (QED) is 0.927. The first-order valence-corrected chi connectivity index (χ1v) is 8.51. The normalized spacial score (nSPS) is 19.1. The summed E-state index contributed by atoms with van der Waals surface area (Å²) < 4.78 is 15.7. The van der Waals surface area contributed by atoms with Crippen LogP contribution in [0.5, 0.6) is 0 Å². The molecule has 0 spiro atoms. The van der Waals surface area contributed by atoms with E-state index in [-0.39, 0.29) is 13.1 Å². The van der Waals surface area contributed by atoms with Crippen LogP contribution in [0.15, 0.2) is 48.5 Å². The summed E-state index contributed by atoms with van der Waals surface area (Å²) in [7, 11) is 1.83. The summed E-state index contributed by atoms with van der Waals surface area (Å²) in [6.07, 6.45) is 0. The van der Waals surface area contributed by atoms with Gasteiger partial charge in [-0.3, -0.25) is 4.90 Å². The van der Waals surface area contributed by atoms with Gasteiger partial charge in [0.1, 0.15) is 0 Å². The van der Waals surface area contributed by atoms with E-state index in [0.29, 0.717) is 22.6 Å². The molecule has 3 nitrogen and oxygen atoms in total. The number of aliphatic hydroxyl groups is 1. The van der Waals surface area contributed by atoms with Crippen molar-refractivity contribution in [1.82, 2.24) is 4.90 Å². The molecule has 1 heterocycles. The Labute approximate surface area is 148 Å². The molecular weight excluding hydrogens is 315 g/mol. The molecule has 0 aliphatic carbocycles. The van der Waals surface area contributed by atoms with Gasteiger partial charge in [-0.1, -0.05) is 50.2 Å². The Hall–Kier alpha value is -2.22. The van der Waals surface area contributed by atoms with Crippen LogP contribution in [0.25, 0.3) is 0 Å². The Morgan fingerprint density at radius 3 is 2.32 bits per heavy atom. The lowest BCUT2D eigenvalue weighted by Crippen LogP contribution is -2.68. The molecule has 1 atom stereocenters. The van der Waals surface area contributed by atoms with Gasteiger partial charge in [0.05, 0.1) is 11.6 Å². The van der Waals surface area contributed by atoms with Crippen LogP contribution in [0.4, 0.5) is 4.39 Å². The van der Waals surface area contributed by atoms with Crippen molar-refractivity contribution < 1.29 is 9.50 Å². The average Bonchev–Trinajstić information content (AvgIpc) is 2.59. The summed E-state index contributed by atoms with van der Waals surface area (Å²) in [6.45, 7) is 4.47. The van der Waals surface area contributed by atoms with Crippen molar-refractivity contribution >= 4 is 0 Å². The average molecular weight is 338 g/mol. The van der Waals surface area contributed by atoms with Crippen LogP contribution >= 0.6 is 0 Å². The summed E-state index contributed by atoms with van der Waals surface area (Å²) >= 11 is 0. The van der Waals surface area contributed by atoms with Crippen molar-refractivity contribution in [3.63, 3.8) is 0 Å². The van der Waals surface area contributed by atoms with E-state index >= 15 is 4.39 Å². The molecule has 0 bridgehead atoms. The van der Waals surface area contributed by atoms with Gasteiger partial charge in [0.25, 0.3) is 0 Å². The first-order valence-electron chi connectivity index (χ1n) is 8.51. The molecule has 1 aliphatic rings. The monoisotopic (exact) mass is 338 g/mol. The zero-order valence-corrected chi connectivity index (χ0v) is 14.8. The molecule has 1 aliphatic heterocycles. The lowest BCUT2D eigenvalue weighted by Gasteiger charge is -2.52. The Kier molecular flexibility index (Phi) is 4.40. The summed E-state index contributed by atoms with van der Waals surface area (Å²) in [6, 6.07) is 16.2. The molecule has 1 fully saturated rings. The van der Waals surface area contributed by atoms with E-state index in [1.807, 2.05) is 24.1 Å². The highest BCUT2D eigenvalue weighted by molar-refractivity contribution is 5.46. The number of hydrogen-bond donors (Lipinski definition) is 1. The lowest BCUT2D eigenvalue weighted by atomic mass is 9.70. The summed E-state index contributed by atoms with van der Waals surface area (Å²) in [5.41, 5.74) is -1.11. The van der Waals surface area contributed by atoms with E-state index in [1.54, 1.807) is 36.4 Å². The van der Waals surface area contributed by atoms with Crippen molar-refractivity contribution in [2.24, 2.45) is 0 Å². The fourth-order valence-electron chi connectivity index (χ4n) is 3.65. The highest BCUT2D eigenvalue weighted by atomic mass is 19.1. The number of likely N-dealkylation sites (tertiary alicyclic amines) is 1. The van der Waals surface area contributed by atoms with Crippen molar-refractivity contribution in [2.45, 2.75) is 31.0 Å². The van der Waals surface area contributed by atoms with Gasteiger partial charge in [-0.2, -0.15) is 5.26 Å². The van der Waals surface area contributed by atoms with Crippen molar-refractivity contribution in [3.05, 3.63) is 70.8 Å². The zero-order valence-electron chi connectivity index (χ0n) is 14.8. The maximum absolute atomic E-state index is 15.7. The van der Waals surface area contributed by atoms with Crippen molar-refractivity contribution in [2.75, 3.05) is 20.1 Å². The molecule has 0 amide bonds. The smallest absolute Gasteiger partial charge is 0.172 e. The van der Waals surface area contributed by atoms with E-state index in [9.17, 15) is 10.4 Å². The molecule has 1 saturated heterocycles. The minimum Gasteiger partial charge on any atom is -0.377 e. The van der Waals surface area contributed by atoms with Crippen LogP contribution in [0.2, 0.25) is 0 Å². The van der Waals surface area contributed by atoms with Crippen LogP contribution in [0.1, 0.15) is 42.0 Å². The fraction of sp³-hybridized carbons (Fsp3) is 0.381. The second-order valence-corrected chi connectivity index (χ2v) is 7.32. The maximum Gasteiger partial charge on any atom is 0.172 e. The van der Waals surface area contributed by atoms with Gasteiger partial charge < -0.3 is 5.11 Å². The van der Waals surface area contributed by atoms with Crippen LogP contribution in [-0.2, 0) is 5.60 Å². The van der Waals surface area contributed by atoms with Crippen molar-refractivity contribution in [3.8, 4) is 6.07 Å². The van der Waals surface area contributed by atoms with E-state index in [4.69, 9.17) is 0 Å². The summed E-state index contributed by atoms with van der Waals surface area (Å²) in [5.74, 6) is 0.359. The van der Waals surface area contributed by atoms with E-state index in [2.05, 4.69) is 19.9 Å². The van der Waals surface area contributed by atoms with Gasteiger partial charge in [0.15, 0.2) is 11.3 Å². The van der Waals surface area contributed by atoms with Gasteiger partial charge in [-0.05, 0) is 41.8 Å². The fourth-order valence-corrected chi connectivity index (χ4v) is 3.65. The molecule has 130 valence electrons. The number of nitrogens with zero attached hydrogens (tertiary/aromatic N) is 2. The van der Waals surface area contributed by atoms with Crippen LogP contribution in [0, 0.1) is 11.3 Å². The summed E-state index contributed by atoms with van der Waals surface area (Å²) in [4.78, 5) is 1.83. The SMILES string of the molecule is CC(C)c1ccc([C@](O)(c2cccc(C#N)c2)C2(F)CN(C)C2)cc1. The maximum atomic E-state index is 15.7. The number of nitriles is 1. The van der Waals surface area contributed by atoms with E-state index in [0.717, 1.165) is 5.56 Å². The highest BCUT2D eigenvalue weighted by Gasteiger charge is 2.59. The molecule has 2 aromatic rings. The third kappa shape index (κ3) is 2.84. The lowest BCUT2D eigenvalue weighted by molar-refractivity contribution is -0.153. The topological polar surface area (TPSA) is 47.3 Å². The molecule has 0 saturated carbocycles. The summed E-state index contributed by atoms with van der Waals surface area (Å²) in [5, 5.41) is 20.8. The standard InChI is InChI=1S/C21H23FN2O/c1-15(2)17-7-9-18(10-8-17)21(25,20(22)13-24(3)14-20)19-6-4-5-16(11-19)12-23/h4-11,15,25H,13-14H2,1-3H3/t21-/m0/s1. The molecule has 3 rings (SSSR count). The number of alkyl halides is 1. The van der Waals surface area contributed by atoms with E-state index < -0.39 is 11.3 Å². The minimum atomic E-state index is -1.80. The van der Waals surface area contributed by atoms with Gasteiger partial charge in [0, 0.05) is 13.1 Å². The van der Waals surface area contributed by atoms with Gasteiger partial charge >= 0.3 is 0 Å². The number of hydrogen-bond acceptors (Lipinski definition) is 3. The van der Waals surface area contributed by atoms with Gasteiger partial charge in [-0.25, -0.2) is 4.39 Å².